The normalized spacial score (nSPS) is 18.8. The Bertz CT molecular complexity index is 635. The minimum Gasteiger partial charge on any atom is -0.449 e. The molecule has 0 spiro atoms. The van der Waals surface area contributed by atoms with Gasteiger partial charge in [-0.2, -0.15) is 0 Å². The molecular weight excluding hydrogens is 308 g/mol. The van der Waals surface area contributed by atoms with E-state index in [9.17, 15) is 14.4 Å². The number of ether oxygens (including phenoxy) is 1. The summed E-state index contributed by atoms with van der Waals surface area (Å²) >= 11 is 0. The van der Waals surface area contributed by atoms with Crippen LogP contribution in [0.5, 0.6) is 0 Å². The number of carbonyl (C=O) groups excluding carboxylic acids is 3. The van der Waals surface area contributed by atoms with Crippen LogP contribution in [0.4, 0.5) is 5.69 Å². The van der Waals surface area contributed by atoms with E-state index in [1.165, 1.54) is 0 Å². The number of benzene rings is 1. The highest BCUT2D eigenvalue weighted by Gasteiger charge is 2.26. The number of hydrogen-bond donors (Lipinski definition) is 0. The molecule has 0 bridgehead atoms. The monoisotopic (exact) mass is 330 g/mol. The van der Waals surface area contributed by atoms with Gasteiger partial charge in [0.05, 0.1) is 5.56 Å². The summed E-state index contributed by atoms with van der Waals surface area (Å²) in [4.78, 5) is 39.6. The van der Waals surface area contributed by atoms with Crippen LogP contribution in [-0.4, -0.2) is 48.4 Å². The molecule has 0 radical (unpaired) electrons. The summed E-state index contributed by atoms with van der Waals surface area (Å²) in [6.07, 6.45) is 2.65. The third-order valence-corrected chi connectivity index (χ3v) is 4.54. The van der Waals surface area contributed by atoms with E-state index < -0.39 is 12.1 Å². The molecule has 2 aliphatic heterocycles. The lowest BCUT2D eigenvalue weighted by molar-refractivity contribution is -0.138. The van der Waals surface area contributed by atoms with Crippen LogP contribution in [0.1, 0.15) is 43.0 Å². The predicted octanol–water partition coefficient (Wildman–Crippen LogP) is 1.98. The molecule has 2 saturated heterocycles. The molecule has 24 heavy (non-hydrogen) atoms. The molecule has 2 aliphatic rings. The summed E-state index contributed by atoms with van der Waals surface area (Å²) in [5.74, 6) is -0.551. The zero-order valence-corrected chi connectivity index (χ0v) is 13.9. The molecule has 2 fully saturated rings. The van der Waals surface area contributed by atoms with Crippen LogP contribution in [0, 0.1) is 0 Å². The maximum absolute atomic E-state index is 12.2. The van der Waals surface area contributed by atoms with Crippen molar-refractivity contribution in [3.05, 3.63) is 29.8 Å². The molecule has 1 aromatic rings. The Morgan fingerprint density at radius 2 is 1.71 bits per heavy atom. The molecule has 0 N–H and O–H groups in total. The van der Waals surface area contributed by atoms with Crippen molar-refractivity contribution in [3.8, 4) is 0 Å². The fraction of sp³-hybridized carbons (Fsp3) is 0.500. The van der Waals surface area contributed by atoms with Crippen molar-refractivity contribution in [1.29, 1.82) is 0 Å². The van der Waals surface area contributed by atoms with Crippen molar-refractivity contribution in [2.24, 2.45) is 0 Å². The molecule has 1 atom stereocenters. The number of hydrogen-bond acceptors (Lipinski definition) is 4. The fourth-order valence-electron chi connectivity index (χ4n) is 3.17. The Balaban J connectivity index is 1.60. The van der Waals surface area contributed by atoms with E-state index in [-0.39, 0.29) is 11.8 Å². The third-order valence-electron chi connectivity index (χ3n) is 4.54. The smallest absolute Gasteiger partial charge is 0.338 e. The van der Waals surface area contributed by atoms with Crippen molar-refractivity contribution in [2.75, 3.05) is 24.5 Å². The number of amides is 2. The van der Waals surface area contributed by atoms with Gasteiger partial charge < -0.3 is 14.5 Å². The van der Waals surface area contributed by atoms with Crippen molar-refractivity contribution in [3.63, 3.8) is 0 Å². The second-order valence-electron chi connectivity index (χ2n) is 6.28. The maximum Gasteiger partial charge on any atom is 0.338 e. The minimum absolute atomic E-state index is 0.107. The van der Waals surface area contributed by atoms with E-state index in [1.54, 1.807) is 41.0 Å². The van der Waals surface area contributed by atoms with Crippen molar-refractivity contribution in [2.45, 2.75) is 38.7 Å². The zero-order valence-electron chi connectivity index (χ0n) is 13.9. The Morgan fingerprint density at radius 1 is 1.04 bits per heavy atom. The first-order valence-electron chi connectivity index (χ1n) is 8.46. The van der Waals surface area contributed by atoms with Crippen LogP contribution in [0.3, 0.4) is 0 Å². The molecule has 3 rings (SSSR count). The molecule has 0 saturated carbocycles. The third kappa shape index (κ3) is 3.42. The highest BCUT2D eigenvalue weighted by atomic mass is 16.5. The topological polar surface area (TPSA) is 66.9 Å². The number of rotatable bonds is 4. The lowest BCUT2D eigenvalue weighted by Gasteiger charge is -2.20. The van der Waals surface area contributed by atoms with Gasteiger partial charge in [0.15, 0.2) is 6.10 Å². The van der Waals surface area contributed by atoms with Gasteiger partial charge in [-0.3, -0.25) is 9.59 Å². The molecule has 1 unspecified atom stereocenters. The largest absolute Gasteiger partial charge is 0.449 e. The molecule has 128 valence electrons. The van der Waals surface area contributed by atoms with Gasteiger partial charge in [0, 0.05) is 31.7 Å². The highest BCUT2D eigenvalue weighted by molar-refractivity contribution is 5.96. The van der Waals surface area contributed by atoms with Crippen molar-refractivity contribution >= 4 is 23.5 Å². The minimum atomic E-state index is -0.782. The number of nitrogens with zero attached hydrogens (tertiary/aromatic N) is 2. The van der Waals surface area contributed by atoms with Gasteiger partial charge in [0.1, 0.15) is 0 Å². The highest BCUT2D eigenvalue weighted by Crippen LogP contribution is 2.22. The van der Waals surface area contributed by atoms with E-state index in [0.29, 0.717) is 18.5 Å². The molecule has 0 aromatic heterocycles. The standard InChI is InChI=1S/C18H22N2O4/c1-13(17(22)19-10-2-3-11-19)24-18(23)14-6-8-15(9-7-14)20-12-4-5-16(20)21/h6-9,13H,2-5,10-12H2,1H3. The molecular formula is C18H22N2O4. The van der Waals surface area contributed by atoms with Crippen LogP contribution in [0.15, 0.2) is 24.3 Å². The first kappa shape index (κ1) is 16.5. The Morgan fingerprint density at radius 3 is 2.29 bits per heavy atom. The van der Waals surface area contributed by atoms with Gasteiger partial charge in [0.2, 0.25) is 5.91 Å². The lowest BCUT2D eigenvalue weighted by atomic mass is 10.2. The summed E-state index contributed by atoms with van der Waals surface area (Å²) in [6, 6.07) is 6.76. The molecule has 0 aliphatic carbocycles. The van der Waals surface area contributed by atoms with E-state index in [4.69, 9.17) is 4.74 Å². The molecule has 1 aromatic carbocycles. The van der Waals surface area contributed by atoms with Gasteiger partial charge in [-0.15, -0.1) is 0 Å². The second kappa shape index (κ2) is 7.03. The average molecular weight is 330 g/mol. The summed E-state index contributed by atoms with van der Waals surface area (Å²) in [5, 5.41) is 0. The summed E-state index contributed by atoms with van der Waals surface area (Å²) in [5.41, 5.74) is 1.17. The van der Waals surface area contributed by atoms with Gasteiger partial charge >= 0.3 is 5.97 Å². The van der Waals surface area contributed by atoms with Gasteiger partial charge in [-0.05, 0) is 50.5 Å². The van der Waals surface area contributed by atoms with Crippen LogP contribution < -0.4 is 4.90 Å². The van der Waals surface area contributed by atoms with Crippen LogP contribution in [0.2, 0.25) is 0 Å². The molecule has 6 nitrogen and oxygen atoms in total. The second-order valence-corrected chi connectivity index (χ2v) is 6.28. The van der Waals surface area contributed by atoms with Gasteiger partial charge in [-0.25, -0.2) is 4.79 Å². The van der Waals surface area contributed by atoms with E-state index in [2.05, 4.69) is 0 Å². The first-order valence-corrected chi connectivity index (χ1v) is 8.46. The van der Waals surface area contributed by atoms with Gasteiger partial charge in [-0.1, -0.05) is 0 Å². The van der Waals surface area contributed by atoms with Crippen molar-refractivity contribution in [1.82, 2.24) is 4.90 Å². The summed E-state index contributed by atoms with van der Waals surface area (Å²) in [7, 11) is 0. The van der Waals surface area contributed by atoms with Crippen LogP contribution >= 0.6 is 0 Å². The molecule has 2 heterocycles. The number of esters is 1. The number of carbonyl (C=O) groups is 3. The Hall–Kier alpha value is -2.37. The van der Waals surface area contributed by atoms with Crippen LogP contribution in [0.25, 0.3) is 0 Å². The quantitative estimate of drug-likeness (QED) is 0.792. The number of anilines is 1. The van der Waals surface area contributed by atoms with E-state index >= 15 is 0 Å². The average Bonchev–Trinajstić information content (AvgIpc) is 3.25. The molecule has 2 amide bonds. The SMILES string of the molecule is CC(OC(=O)c1ccc(N2CCCC2=O)cc1)C(=O)N1CCCC1. The maximum atomic E-state index is 12.2. The van der Waals surface area contributed by atoms with E-state index in [1.807, 2.05) is 0 Å². The first-order chi connectivity index (χ1) is 11.6. The Kier molecular flexibility index (Phi) is 4.83. The van der Waals surface area contributed by atoms with Gasteiger partial charge in [0.25, 0.3) is 5.91 Å². The zero-order chi connectivity index (χ0) is 17.1. The van der Waals surface area contributed by atoms with E-state index in [0.717, 1.165) is 38.0 Å². The van der Waals surface area contributed by atoms with Crippen molar-refractivity contribution < 1.29 is 19.1 Å². The van der Waals surface area contributed by atoms with Crippen LogP contribution in [-0.2, 0) is 14.3 Å². The number of likely N-dealkylation sites (tertiary alicyclic amines) is 1. The predicted molar refractivity (Wildman–Crippen MR) is 88.7 cm³/mol. The Labute approximate surface area is 141 Å². The summed E-state index contributed by atoms with van der Waals surface area (Å²) < 4.78 is 5.29. The fourth-order valence-corrected chi connectivity index (χ4v) is 3.17. The molecule has 6 heteroatoms. The summed E-state index contributed by atoms with van der Waals surface area (Å²) in [6.45, 7) is 3.79. The lowest BCUT2D eigenvalue weighted by Crippen LogP contribution is -2.38.